The standard InChI is InChI=1S/C16H17F3N2O/c17-16(18,19)7-1-3-10-5-6-11-13(9-10)21-15(22)12-4-2-8-20-14(11)12/h5-6,9,20H,1-4,7-8H2,(H,21,22). The molecule has 0 unspecified atom stereocenters. The molecule has 0 amide bonds. The first kappa shape index (κ1) is 14.9. The molecule has 0 bridgehead atoms. The third kappa shape index (κ3) is 3.10. The number of H-pyrrole nitrogens is 1. The van der Waals surface area contributed by atoms with Gasteiger partial charge in [-0.05, 0) is 37.3 Å². The van der Waals surface area contributed by atoms with Crippen molar-refractivity contribution in [3.63, 3.8) is 0 Å². The van der Waals surface area contributed by atoms with E-state index >= 15 is 0 Å². The Labute approximate surface area is 125 Å². The molecule has 2 heterocycles. The normalized spacial score (nSPS) is 14.7. The molecule has 6 heteroatoms. The van der Waals surface area contributed by atoms with Crippen molar-refractivity contribution >= 4 is 16.6 Å². The molecular weight excluding hydrogens is 293 g/mol. The molecule has 0 aliphatic carbocycles. The van der Waals surface area contributed by atoms with E-state index in [2.05, 4.69) is 10.3 Å². The Balaban J connectivity index is 1.89. The molecule has 118 valence electrons. The van der Waals surface area contributed by atoms with Gasteiger partial charge in [0.25, 0.3) is 5.56 Å². The highest BCUT2D eigenvalue weighted by Gasteiger charge is 2.26. The number of anilines is 1. The first-order valence-corrected chi connectivity index (χ1v) is 7.42. The summed E-state index contributed by atoms with van der Waals surface area (Å²) in [6.07, 6.45) is -2.82. The zero-order chi connectivity index (χ0) is 15.7. The third-order valence-electron chi connectivity index (χ3n) is 4.01. The molecule has 22 heavy (non-hydrogen) atoms. The van der Waals surface area contributed by atoms with E-state index in [-0.39, 0.29) is 12.0 Å². The minimum Gasteiger partial charge on any atom is -0.384 e. The van der Waals surface area contributed by atoms with Crippen LogP contribution in [-0.4, -0.2) is 17.7 Å². The van der Waals surface area contributed by atoms with Crippen LogP contribution in [0.5, 0.6) is 0 Å². The van der Waals surface area contributed by atoms with Gasteiger partial charge in [0.2, 0.25) is 0 Å². The summed E-state index contributed by atoms with van der Waals surface area (Å²) >= 11 is 0. The summed E-state index contributed by atoms with van der Waals surface area (Å²) in [4.78, 5) is 14.9. The number of halogens is 3. The highest BCUT2D eigenvalue weighted by molar-refractivity contribution is 5.93. The average Bonchev–Trinajstić information content (AvgIpc) is 2.46. The minimum atomic E-state index is -4.12. The fourth-order valence-electron chi connectivity index (χ4n) is 2.95. The second-order valence-corrected chi connectivity index (χ2v) is 5.69. The van der Waals surface area contributed by atoms with Crippen LogP contribution in [0, 0.1) is 0 Å². The fraction of sp³-hybridized carbons (Fsp3) is 0.438. The summed E-state index contributed by atoms with van der Waals surface area (Å²) in [6.45, 7) is 0.832. The van der Waals surface area contributed by atoms with Crippen molar-refractivity contribution in [2.24, 2.45) is 0 Å². The van der Waals surface area contributed by atoms with Gasteiger partial charge in [-0.3, -0.25) is 4.79 Å². The van der Waals surface area contributed by atoms with Gasteiger partial charge in [-0.1, -0.05) is 12.1 Å². The molecule has 1 aromatic carbocycles. The van der Waals surface area contributed by atoms with Crippen LogP contribution in [-0.2, 0) is 12.8 Å². The summed E-state index contributed by atoms with van der Waals surface area (Å²) in [6, 6.07) is 5.50. The second kappa shape index (κ2) is 5.66. The van der Waals surface area contributed by atoms with Crippen LogP contribution in [0.1, 0.15) is 30.4 Å². The predicted molar refractivity (Wildman–Crippen MR) is 80.4 cm³/mol. The highest BCUT2D eigenvalue weighted by atomic mass is 19.4. The van der Waals surface area contributed by atoms with E-state index in [1.54, 1.807) is 6.07 Å². The van der Waals surface area contributed by atoms with E-state index in [9.17, 15) is 18.0 Å². The quantitative estimate of drug-likeness (QED) is 0.906. The Morgan fingerprint density at radius 2 is 2.05 bits per heavy atom. The van der Waals surface area contributed by atoms with Crippen molar-refractivity contribution in [2.75, 3.05) is 11.9 Å². The monoisotopic (exact) mass is 310 g/mol. The van der Waals surface area contributed by atoms with Crippen molar-refractivity contribution in [2.45, 2.75) is 38.3 Å². The lowest BCUT2D eigenvalue weighted by Gasteiger charge is -2.19. The lowest BCUT2D eigenvalue weighted by atomic mass is 9.99. The molecule has 2 aromatic rings. The summed E-state index contributed by atoms with van der Waals surface area (Å²) in [5, 5.41) is 4.19. The maximum Gasteiger partial charge on any atom is 0.389 e. The van der Waals surface area contributed by atoms with Gasteiger partial charge >= 0.3 is 6.18 Å². The molecule has 0 radical (unpaired) electrons. The van der Waals surface area contributed by atoms with E-state index in [0.717, 1.165) is 41.6 Å². The minimum absolute atomic E-state index is 0.0580. The number of nitrogens with one attached hydrogen (secondary N) is 2. The number of fused-ring (bicyclic) bond motifs is 3. The number of hydrogen-bond donors (Lipinski definition) is 2. The Hall–Kier alpha value is -1.98. The molecule has 0 saturated heterocycles. The molecule has 1 aliphatic rings. The molecule has 3 nitrogen and oxygen atoms in total. The first-order valence-electron chi connectivity index (χ1n) is 7.42. The largest absolute Gasteiger partial charge is 0.389 e. The fourth-order valence-corrected chi connectivity index (χ4v) is 2.95. The molecule has 0 fully saturated rings. The molecule has 0 spiro atoms. The van der Waals surface area contributed by atoms with Crippen molar-refractivity contribution in [3.05, 3.63) is 39.7 Å². The topological polar surface area (TPSA) is 44.9 Å². The van der Waals surface area contributed by atoms with Crippen molar-refractivity contribution in [1.82, 2.24) is 4.98 Å². The van der Waals surface area contributed by atoms with Crippen LogP contribution in [0.4, 0.5) is 18.9 Å². The number of alkyl halides is 3. The van der Waals surface area contributed by atoms with E-state index in [0.29, 0.717) is 11.9 Å². The van der Waals surface area contributed by atoms with Crippen molar-refractivity contribution in [3.8, 4) is 0 Å². The van der Waals surface area contributed by atoms with Gasteiger partial charge in [0.15, 0.2) is 0 Å². The van der Waals surface area contributed by atoms with Crippen LogP contribution in [0.3, 0.4) is 0 Å². The van der Waals surface area contributed by atoms with Gasteiger partial charge in [-0.15, -0.1) is 0 Å². The lowest BCUT2D eigenvalue weighted by Crippen LogP contribution is -2.22. The number of pyridine rings is 1. The van der Waals surface area contributed by atoms with E-state index in [1.807, 2.05) is 12.1 Å². The van der Waals surface area contributed by atoms with Gasteiger partial charge in [0.05, 0.1) is 11.2 Å². The Kier molecular flexibility index (Phi) is 3.85. The summed E-state index contributed by atoms with van der Waals surface area (Å²) in [5.41, 5.74) is 3.02. The molecule has 1 aliphatic heterocycles. The molecule has 0 atom stereocenters. The Bertz CT molecular complexity index is 749. The highest BCUT2D eigenvalue weighted by Crippen LogP contribution is 2.28. The average molecular weight is 310 g/mol. The van der Waals surface area contributed by atoms with Crippen LogP contribution in [0.2, 0.25) is 0 Å². The van der Waals surface area contributed by atoms with E-state index < -0.39 is 12.6 Å². The van der Waals surface area contributed by atoms with Crippen LogP contribution >= 0.6 is 0 Å². The summed E-state index contributed by atoms with van der Waals surface area (Å²) in [5.74, 6) is 0. The maximum absolute atomic E-state index is 12.2. The summed E-state index contributed by atoms with van der Waals surface area (Å²) in [7, 11) is 0. The number of aromatic amines is 1. The van der Waals surface area contributed by atoms with Gasteiger partial charge in [0, 0.05) is 23.9 Å². The van der Waals surface area contributed by atoms with Crippen LogP contribution in [0.15, 0.2) is 23.0 Å². The van der Waals surface area contributed by atoms with Gasteiger partial charge < -0.3 is 10.3 Å². The smallest absolute Gasteiger partial charge is 0.384 e. The lowest BCUT2D eigenvalue weighted by molar-refractivity contribution is -0.135. The number of hydrogen-bond acceptors (Lipinski definition) is 2. The molecular formula is C16H17F3N2O. The maximum atomic E-state index is 12.2. The van der Waals surface area contributed by atoms with Crippen molar-refractivity contribution in [1.29, 1.82) is 0 Å². The molecule has 3 rings (SSSR count). The zero-order valence-corrected chi connectivity index (χ0v) is 12.0. The number of rotatable bonds is 3. The van der Waals surface area contributed by atoms with Gasteiger partial charge in [0.1, 0.15) is 0 Å². The van der Waals surface area contributed by atoms with E-state index in [1.165, 1.54) is 0 Å². The zero-order valence-electron chi connectivity index (χ0n) is 12.0. The van der Waals surface area contributed by atoms with E-state index in [4.69, 9.17) is 0 Å². The number of aryl methyl sites for hydroxylation is 1. The van der Waals surface area contributed by atoms with Crippen LogP contribution < -0.4 is 10.9 Å². The second-order valence-electron chi connectivity index (χ2n) is 5.69. The molecule has 1 aromatic heterocycles. The number of aromatic nitrogens is 1. The Morgan fingerprint density at radius 3 is 2.82 bits per heavy atom. The first-order chi connectivity index (χ1) is 10.4. The number of benzene rings is 1. The predicted octanol–water partition coefficient (Wildman–Crippen LogP) is 3.77. The Morgan fingerprint density at radius 1 is 1.23 bits per heavy atom. The summed E-state index contributed by atoms with van der Waals surface area (Å²) < 4.78 is 36.6. The van der Waals surface area contributed by atoms with Crippen molar-refractivity contribution < 1.29 is 13.2 Å². The van der Waals surface area contributed by atoms with Gasteiger partial charge in [-0.2, -0.15) is 13.2 Å². The molecule has 2 N–H and O–H groups in total. The van der Waals surface area contributed by atoms with Gasteiger partial charge in [-0.25, -0.2) is 0 Å². The van der Waals surface area contributed by atoms with Crippen LogP contribution in [0.25, 0.3) is 10.9 Å². The SMILES string of the molecule is O=c1[nH]c2cc(CCCC(F)(F)F)ccc2c2c1CCCN2. The third-order valence-corrected chi connectivity index (χ3v) is 4.01. The molecule has 0 saturated carbocycles.